The summed E-state index contributed by atoms with van der Waals surface area (Å²) in [4.78, 5) is 0. The third kappa shape index (κ3) is 2.30. The first-order chi connectivity index (χ1) is 5.78. The second-order valence-electron chi connectivity index (χ2n) is 3.66. The molecule has 0 bridgehead atoms. The highest BCUT2D eigenvalue weighted by Gasteiger charge is 2.55. The van der Waals surface area contributed by atoms with E-state index in [2.05, 4.69) is 0 Å². The molecule has 1 aliphatic rings. The van der Waals surface area contributed by atoms with Crippen molar-refractivity contribution < 1.29 is 17.7 Å². The Labute approximate surface area is 78.4 Å². The Morgan fingerprint density at radius 2 is 1.92 bits per heavy atom. The van der Waals surface area contributed by atoms with Crippen molar-refractivity contribution in [3.8, 4) is 0 Å². The lowest BCUT2D eigenvalue weighted by Crippen LogP contribution is -2.59. The minimum absolute atomic E-state index is 0.0824. The van der Waals surface area contributed by atoms with Gasteiger partial charge in [-0.05, 0) is 6.42 Å². The first-order valence-electron chi connectivity index (χ1n) is 4.02. The number of nitrogens with zero attached hydrogens (tertiary/aromatic N) is 1. The molecule has 1 saturated heterocycles. The smallest absolute Gasteiger partial charge is 0.591 e. The molecular weight excluding hydrogens is 203 g/mol. The standard InChI is InChI=1S/C7H12F3NOS/c1-3-6(2)4-11(5-6)13(12)7(8,9)10/h3-5H2,1-2H3. The molecule has 1 fully saturated rings. The molecule has 0 N–H and O–H groups in total. The van der Waals surface area contributed by atoms with Gasteiger partial charge >= 0.3 is 5.51 Å². The molecule has 0 spiro atoms. The second-order valence-corrected chi connectivity index (χ2v) is 5.13. The zero-order valence-electron chi connectivity index (χ0n) is 7.52. The highest BCUT2D eigenvalue weighted by molar-refractivity contribution is 7.90. The van der Waals surface area contributed by atoms with Gasteiger partial charge in [-0.1, -0.05) is 13.8 Å². The zero-order valence-corrected chi connectivity index (χ0v) is 8.34. The predicted molar refractivity (Wildman–Crippen MR) is 44.2 cm³/mol. The first-order valence-corrected chi connectivity index (χ1v) is 5.13. The van der Waals surface area contributed by atoms with Crippen LogP contribution in [-0.4, -0.2) is 27.5 Å². The summed E-state index contributed by atoms with van der Waals surface area (Å²) in [5.41, 5.74) is -4.68. The molecule has 0 aromatic rings. The zero-order chi connectivity index (χ0) is 10.3. The maximum atomic E-state index is 11.9. The van der Waals surface area contributed by atoms with Gasteiger partial charge in [-0.25, -0.2) is 0 Å². The van der Waals surface area contributed by atoms with Crippen molar-refractivity contribution in [2.24, 2.45) is 5.41 Å². The van der Waals surface area contributed by atoms with E-state index in [-0.39, 0.29) is 18.5 Å². The Morgan fingerprint density at radius 3 is 2.23 bits per heavy atom. The van der Waals surface area contributed by atoms with Gasteiger partial charge in [0.25, 0.3) is 0 Å². The van der Waals surface area contributed by atoms with Gasteiger partial charge in [-0.2, -0.15) is 0 Å². The fourth-order valence-corrected chi connectivity index (χ4v) is 2.44. The number of rotatable bonds is 2. The van der Waals surface area contributed by atoms with Crippen LogP contribution < -0.4 is 0 Å². The third-order valence-corrected chi connectivity index (χ3v) is 3.53. The normalized spacial score (nSPS) is 25.4. The summed E-state index contributed by atoms with van der Waals surface area (Å²) < 4.78 is 47.5. The van der Waals surface area contributed by atoms with E-state index in [1.165, 1.54) is 0 Å². The van der Waals surface area contributed by atoms with Gasteiger partial charge in [-0.15, -0.1) is 17.5 Å². The Balaban J connectivity index is 2.44. The van der Waals surface area contributed by atoms with Crippen LogP contribution in [0.15, 0.2) is 0 Å². The van der Waals surface area contributed by atoms with Crippen molar-refractivity contribution in [1.29, 1.82) is 0 Å². The molecule has 1 heterocycles. The fourth-order valence-electron chi connectivity index (χ4n) is 1.29. The summed E-state index contributed by atoms with van der Waals surface area (Å²) >= 11 is -2.81. The number of hydrogen-bond acceptors (Lipinski definition) is 2. The van der Waals surface area contributed by atoms with E-state index < -0.39 is 16.9 Å². The topological polar surface area (TPSA) is 26.3 Å². The molecule has 78 valence electrons. The van der Waals surface area contributed by atoms with Crippen molar-refractivity contribution in [3.63, 3.8) is 0 Å². The van der Waals surface area contributed by atoms with Crippen molar-refractivity contribution in [2.45, 2.75) is 25.8 Å². The molecule has 13 heavy (non-hydrogen) atoms. The van der Waals surface area contributed by atoms with Gasteiger partial charge in [0.15, 0.2) is 11.4 Å². The second kappa shape index (κ2) is 3.33. The van der Waals surface area contributed by atoms with Crippen LogP contribution in [0.4, 0.5) is 13.2 Å². The predicted octanol–water partition coefficient (Wildman–Crippen LogP) is 1.90. The highest BCUT2D eigenvalue weighted by Crippen LogP contribution is 2.39. The maximum absolute atomic E-state index is 11.9. The molecule has 1 unspecified atom stereocenters. The summed E-state index contributed by atoms with van der Waals surface area (Å²) in [7, 11) is 0. The molecule has 6 heteroatoms. The molecule has 1 atom stereocenters. The number of halogens is 3. The quantitative estimate of drug-likeness (QED) is 0.658. The van der Waals surface area contributed by atoms with E-state index in [0.29, 0.717) is 0 Å². The minimum atomic E-state index is -4.60. The lowest BCUT2D eigenvalue weighted by molar-refractivity contribution is -0.0561. The average Bonchev–Trinajstić information content (AvgIpc) is 1.95. The maximum Gasteiger partial charge on any atom is 0.593 e. The Hall–Kier alpha value is 0.0600. The van der Waals surface area contributed by atoms with Gasteiger partial charge in [0, 0.05) is 5.41 Å². The van der Waals surface area contributed by atoms with Gasteiger partial charge in [0.2, 0.25) is 0 Å². The molecule has 0 radical (unpaired) electrons. The Bertz CT molecular complexity index is 191. The third-order valence-electron chi connectivity index (χ3n) is 2.40. The first kappa shape index (κ1) is 11.1. The number of alkyl halides is 3. The van der Waals surface area contributed by atoms with Crippen LogP contribution in [0.1, 0.15) is 20.3 Å². The van der Waals surface area contributed by atoms with Crippen molar-refractivity contribution >= 4 is 11.4 Å². The van der Waals surface area contributed by atoms with Crippen molar-refractivity contribution in [2.75, 3.05) is 13.1 Å². The van der Waals surface area contributed by atoms with Gasteiger partial charge < -0.3 is 4.55 Å². The highest BCUT2D eigenvalue weighted by atomic mass is 32.2. The lowest BCUT2D eigenvalue weighted by atomic mass is 9.82. The molecule has 0 aromatic heterocycles. The van der Waals surface area contributed by atoms with E-state index in [9.17, 15) is 17.7 Å². The SMILES string of the molecule is CCC1(C)CN([S+]([O-])C(F)(F)F)C1. The molecule has 2 nitrogen and oxygen atoms in total. The van der Waals surface area contributed by atoms with Gasteiger partial charge in [0.1, 0.15) is 0 Å². The Morgan fingerprint density at radius 1 is 1.46 bits per heavy atom. The molecule has 0 saturated carbocycles. The summed E-state index contributed by atoms with van der Waals surface area (Å²) in [6, 6.07) is 0. The Kier molecular flexibility index (Phi) is 2.85. The van der Waals surface area contributed by atoms with Crippen LogP contribution in [0.3, 0.4) is 0 Å². The monoisotopic (exact) mass is 215 g/mol. The number of hydrogen-bond donors (Lipinski definition) is 0. The van der Waals surface area contributed by atoms with E-state index in [4.69, 9.17) is 0 Å². The summed E-state index contributed by atoms with van der Waals surface area (Å²) in [6.45, 7) is 4.37. The molecule has 1 rings (SSSR count). The molecule has 1 aliphatic heterocycles. The largest absolute Gasteiger partial charge is 0.593 e. The van der Waals surface area contributed by atoms with E-state index in [1.807, 2.05) is 13.8 Å². The van der Waals surface area contributed by atoms with Crippen molar-refractivity contribution in [1.82, 2.24) is 4.31 Å². The van der Waals surface area contributed by atoms with Crippen LogP contribution in [0.2, 0.25) is 0 Å². The van der Waals surface area contributed by atoms with Crippen LogP contribution >= 0.6 is 0 Å². The van der Waals surface area contributed by atoms with E-state index in [1.54, 1.807) is 0 Å². The summed E-state index contributed by atoms with van der Waals surface area (Å²) in [5.74, 6) is 0. The van der Waals surface area contributed by atoms with E-state index >= 15 is 0 Å². The van der Waals surface area contributed by atoms with Crippen molar-refractivity contribution in [3.05, 3.63) is 0 Å². The summed E-state index contributed by atoms with van der Waals surface area (Å²) in [5, 5.41) is 0. The molecular formula is C7H12F3NOS. The molecule has 0 aromatic carbocycles. The molecule has 0 amide bonds. The van der Waals surface area contributed by atoms with E-state index in [0.717, 1.165) is 10.7 Å². The van der Waals surface area contributed by atoms with Crippen LogP contribution in [0.25, 0.3) is 0 Å². The average molecular weight is 215 g/mol. The van der Waals surface area contributed by atoms with Gasteiger partial charge in [-0.3, -0.25) is 0 Å². The van der Waals surface area contributed by atoms with Crippen LogP contribution in [-0.2, 0) is 11.4 Å². The fraction of sp³-hybridized carbons (Fsp3) is 1.00. The lowest BCUT2D eigenvalue weighted by Gasteiger charge is -2.45. The van der Waals surface area contributed by atoms with Crippen LogP contribution in [0, 0.1) is 5.41 Å². The summed E-state index contributed by atoms with van der Waals surface area (Å²) in [6.07, 6.45) is 0.818. The van der Waals surface area contributed by atoms with Gasteiger partial charge in [0.05, 0.1) is 13.1 Å². The molecule has 0 aliphatic carbocycles. The van der Waals surface area contributed by atoms with Crippen LogP contribution in [0.5, 0.6) is 0 Å². The minimum Gasteiger partial charge on any atom is -0.591 e.